The van der Waals surface area contributed by atoms with Crippen LogP contribution in [0.4, 0.5) is 0 Å². The van der Waals surface area contributed by atoms with Crippen LogP contribution >= 0.6 is 0 Å². The molecule has 0 aromatic carbocycles. The Morgan fingerprint density at radius 3 is 2.00 bits per heavy atom. The number of nitrogens with one attached hydrogen (secondary N) is 1. The summed E-state index contributed by atoms with van der Waals surface area (Å²) in [6, 6.07) is 0.239. The molecular formula is C12H27N3. The highest BCUT2D eigenvalue weighted by Crippen LogP contribution is 2.26. The van der Waals surface area contributed by atoms with Gasteiger partial charge in [0.05, 0.1) is 0 Å². The van der Waals surface area contributed by atoms with Crippen molar-refractivity contribution in [2.24, 2.45) is 16.1 Å². The van der Waals surface area contributed by atoms with Gasteiger partial charge in [0.25, 0.3) is 0 Å². The van der Waals surface area contributed by atoms with Crippen LogP contribution in [-0.2, 0) is 0 Å². The van der Waals surface area contributed by atoms with E-state index >= 15 is 0 Å². The van der Waals surface area contributed by atoms with Crippen molar-refractivity contribution in [2.75, 3.05) is 0 Å². The summed E-state index contributed by atoms with van der Waals surface area (Å²) in [5.74, 6) is 0.541. The van der Waals surface area contributed by atoms with Crippen LogP contribution in [0.15, 0.2) is 4.99 Å². The van der Waals surface area contributed by atoms with Gasteiger partial charge in [0.2, 0.25) is 0 Å². The van der Waals surface area contributed by atoms with Crippen molar-refractivity contribution in [3.63, 3.8) is 0 Å². The normalized spacial score (nSPS) is 14.5. The van der Waals surface area contributed by atoms with Crippen LogP contribution in [-0.4, -0.2) is 17.5 Å². The quantitative estimate of drug-likeness (QED) is 0.559. The van der Waals surface area contributed by atoms with Crippen molar-refractivity contribution < 1.29 is 0 Å². The molecule has 0 aliphatic rings. The maximum atomic E-state index is 5.82. The molecule has 0 fully saturated rings. The van der Waals surface area contributed by atoms with Gasteiger partial charge < -0.3 is 11.1 Å². The smallest absolute Gasteiger partial charge is 0.189 e. The Hall–Kier alpha value is -0.730. The third kappa shape index (κ3) is 8.28. The molecule has 3 nitrogen and oxygen atoms in total. The number of guanidine groups is 1. The van der Waals surface area contributed by atoms with Gasteiger partial charge in [0.1, 0.15) is 0 Å². The molecular weight excluding hydrogens is 186 g/mol. The fourth-order valence-electron chi connectivity index (χ4n) is 2.03. The van der Waals surface area contributed by atoms with E-state index in [1.807, 2.05) is 13.8 Å². The summed E-state index contributed by atoms with van der Waals surface area (Å²) in [7, 11) is 0. The molecule has 0 saturated heterocycles. The number of nitrogens with zero attached hydrogens (tertiary/aromatic N) is 1. The van der Waals surface area contributed by atoms with Crippen LogP contribution in [0.2, 0.25) is 0 Å². The molecule has 0 aromatic heterocycles. The summed E-state index contributed by atoms with van der Waals surface area (Å²) < 4.78 is 0. The molecule has 0 aliphatic carbocycles. The monoisotopic (exact) mass is 213 g/mol. The summed E-state index contributed by atoms with van der Waals surface area (Å²) in [5.41, 5.74) is 6.09. The van der Waals surface area contributed by atoms with E-state index in [0.717, 1.165) is 6.42 Å². The molecule has 0 radical (unpaired) electrons. The zero-order valence-electron chi connectivity index (χ0n) is 11.3. The van der Waals surface area contributed by atoms with Crippen molar-refractivity contribution in [3.05, 3.63) is 0 Å². The van der Waals surface area contributed by atoms with E-state index in [1.165, 1.54) is 0 Å². The highest BCUT2D eigenvalue weighted by atomic mass is 15.1. The Labute approximate surface area is 94.5 Å². The highest BCUT2D eigenvalue weighted by molar-refractivity contribution is 5.78. The molecule has 15 heavy (non-hydrogen) atoms. The molecule has 0 unspecified atom stereocenters. The number of rotatable bonds is 3. The van der Waals surface area contributed by atoms with E-state index in [2.05, 4.69) is 44.9 Å². The average Bonchev–Trinajstić information content (AvgIpc) is 1.73. The van der Waals surface area contributed by atoms with E-state index in [9.17, 15) is 0 Å². The summed E-state index contributed by atoms with van der Waals surface area (Å²) in [4.78, 5) is 4.28. The minimum absolute atomic E-state index is 0.0132. The first-order chi connectivity index (χ1) is 6.52. The van der Waals surface area contributed by atoms with Gasteiger partial charge in [-0.25, -0.2) is 0 Å². The summed E-state index contributed by atoms with van der Waals surface area (Å²) in [6.45, 7) is 15.0. The van der Waals surface area contributed by atoms with Gasteiger partial charge in [-0.1, -0.05) is 20.8 Å². The van der Waals surface area contributed by atoms with Crippen LogP contribution in [0.1, 0.15) is 54.9 Å². The van der Waals surface area contributed by atoms with E-state index in [0.29, 0.717) is 5.96 Å². The summed E-state index contributed by atoms with van der Waals surface area (Å²) in [6.07, 6.45) is 1.05. The van der Waals surface area contributed by atoms with E-state index < -0.39 is 0 Å². The maximum absolute atomic E-state index is 5.82. The van der Waals surface area contributed by atoms with Crippen molar-refractivity contribution in [1.29, 1.82) is 0 Å². The minimum Gasteiger partial charge on any atom is -0.370 e. The standard InChI is InChI=1S/C12H27N3/c1-9(2)14-10(13)15-12(6,7)8-11(3,4)5/h9H,8H2,1-7H3,(H3,13,14,15). The molecule has 0 atom stereocenters. The Bertz CT molecular complexity index is 222. The van der Waals surface area contributed by atoms with E-state index in [1.54, 1.807) is 0 Å². The fourth-order valence-corrected chi connectivity index (χ4v) is 2.03. The molecule has 0 aromatic rings. The number of hydrogen-bond donors (Lipinski definition) is 2. The lowest BCUT2D eigenvalue weighted by Crippen LogP contribution is -2.49. The van der Waals surface area contributed by atoms with Gasteiger partial charge in [-0.05, 0) is 39.5 Å². The zero-order chi connectivity index (χ0) is 12.3. The Morgan fingerprint density at radius 1 is 1.20 bits per heavy atom. The molecule has 0 amide bonds. The minimum atomic E-state index is -0.0132. The highest BCUT2D eigenvalue weighted by Gasteiger charge is 2.25. The third-order valence-corrected chi connectivity index (χ3v) is 1.84. The topological polar surface area (TPSA) is 50.4 Å². The Morgan fingerprint density at radius 2 is 1.67 bits per heavy atom. The molecule has 0 heterocycles. The molecule has 90 valence electrons. The lowest BCUT2D eigenvalue weighted by molar-refractivity contribution is 0.266. The Balaban J connectivity index is 4.38. The van der Waals surface area contributed by atoms with Gasteiger partial charge in [0.15, 0.2) is 5.96 Å². The van der Waals surface area contributed by atoms with E-state index in [4.69, 9.17) is 5.73 Å². The predicted molar refractivity (Wildman–Crippen MR) is 68.0 cm³/mol. The SMILES string of the molecule is CC(C)N=C(N)NC(C)(C)CC(C)(C)C. The number of aliphatic imine (C=N–C) groups is 1. The van der Waals surface area contributed by atoms with Gasteiger partial charge in [-0.3, -0.25) is 4.99 Å². The average molecular weight is 213 g/mol. The molecule has 0 bridgehead atoms. The second kappa shape index (κ2) is 4.86. The van der Waals surface area contributed by atoms with Crippen molar-refractivity contribution in [1.82, 2.24) is 5.32 Å². The van der Waals surface area contributed by atoms with Crippen molar-refractivity contribution in [2.45, 2.75) is 66.5 Å². The van der Waals surface area contributed by atoms with Gasteiger partial charge >= 0.3 is 0 Å². The second-order valence-corrected chi connectivity index (χ2v) is 6.35. The largest absolute Gasteiger partial charge is 0.370 e. The van der Waals surface area contributed by atoms with Crippen LogP contribution in [0.25, 0.3) is 0 Å². The third-order valence-electron chi connectivity index (χ3n) is 1.84. The van der Waals surface area contributed by atoms with Gasteiger partial charge in [-0.2, -0.15) is 0 Å². The van der Waals surface area contributed by atoms with Gasteiger partial charge in [0, 0.05) is 11.6 Å². The Kier molecular flexibility index (Phi) is 4.63. The number of nitrogens with two attached hydrogens (primary N) is 1. The molecule has 0 rings (SSSR count). The van der Waals surface area contributed by atoms with Gasteiger partial charge in [-0.15, -0.1) is 0 Å². The lowest BCUT2D eigenvalue weighted by atomic mass is 9.82. The second-order valence-electron chi connectivity index (χ2n) is 6.35. The zero-order valence-corrected chi connectivity index (χ0v) is 11.3. The first-order valence-electron chi connectivity index (χ1n) is 5.63. The van der Waals surface area contributed by atoms with Crippen LogP contribution in [0.3, 0.4) is 0 Å². The fraction of sp³-hybridized carbons (Fsp3) is 0.917. The van der Waals surface area contributed by atoms with E-state index in [-0.39, 0.29) is 17.0 Å². The van der Waals surface area contributed by atoms with Crippen molar-refractivity contribution >= 4 is 5.96 Å². The molecule has 3 heteroatoms. The van der Waals surface area contributed by atoms with Crippen molar-refractivity contribution in [3.8, 4) is 0 Å². The first-order valence-corrected chi connectivity index (χ1v) is 5.63. The maximum Gasteiger partial charge on any atom is 0.189 e. The van der Waals surface area contributed by atoms with Crippen LogP contribution in [0.5, 0.6) is 0 Å². The molecule has 0 saturated carbocycles. The van der Waals surface area contributed by atoms with Crippen LogP contribution in [0, 0.1) is 5.41 Å². The van der Waals surface area contributed by atoms with Crippen LogP contribution < -0.4 is 11.1 Å². The molecule has 3 N–H and O–H groups in total. The summed E-state index contributed by atoms with van der Waals surface area (Å²) in [5, 5.41) is 3.27. The first kappa shape index (κ1) is 14.3. The summed E-state index contributed by atoms with van der Waals surface area (Å²) >= 11 is 0. The molecule has 0 spiro atoms. The lowest BCUT2D eigenvalue weighted by Gasteiger charge is -2.33. The number of hydrogen-bond acceptors (Lipinski definition) is 1. The molecule has 0 aliphatic heterocycles. The predicted octanol–water partition coefficient (Wildman–Crippen LogP) is 2.51.